The number of fused-ring (bicyclic) bond motifs is 1. The third-order valence-corrected chi connectivity index (χ3v) is 5.98. The third kappa shape index (κ3) is 4.36. The Morgan fingerprint density at radius 2 is 2.19 bits per heavy atom. The van der Waals surface area contributed by atoms with Gasteiger partial charge in [-0.1, -0.05) is 0 Å². The van der Waals surface area contributed by atoms with E-state index in [9.17, 15) is 18.5 Å². The van der Waals surface area contributed by atoms with Crippen LogP contribution >= 0.6 is 12.4 Å². The van der Waals surface area contributed by atoms with Crippen LogP contribution in [0, 0.1) is 10.1 Å². The summed E-state index contributed by atoms with van der Waals surface area (Å²) in [7, 11) is -2.33. The molecule has 1 fully saturated rings. The lowest BCUT2D eigenvalue weighted by atomic mass is 9.99. The predicted molar refractivity (Wildman–Crippen MR) is 103 cm³/mol. The fourth-order valence-electron chi connectivity index (χ4n) is 3.29. The van der Waals surface area contributed by atoms with Gasteiger partial charge in [0, 0.05) is 25.9 Å². The van der Waals surface area contributed by atoms with Gasteiger partial charge in [-0.25, -0.2) is 13.1 Å². The number of non-ortho nitro benzene ring substituents is 1. The van der Waals surface area contributed by atoms with E-state index in [1.807, 2.05) is 0 Å². The SMILES string of the molecule is COCC1(CNS(=O)(=O)c2ccc([N+](=O)[O-])c3cccnc23)CCCN1.Cl. The van der Waals surface area contributed by atoms with Crippen molar-refractivity contribution in [2.45, 2.75) is 23.3 Å². The van der Waals surface area contributed by atoms with Gasteiger partial charge in [0.25, 0.3) is 5.69 Å². The molecule has 2 heterocycles. The molecule has 1 aliphatic rings. The molecule has 2 N–H and O–H groups in total. The fraction of sp³-hybridized carbons (Fsp3) is 0.438. The van der Waals surface area contributed by atoms with Crippen LogP contribution < -0.4 is 10.0 Å². The van der Waals surface area contributed by atoms with Crippen LogP contribution in [0.2, 0.25) is 0 Å². The van der Waals surface area contributed by atoms with Gasteiger partial charge < -0.3 is 10.1 Å². The van der Waals surface area contributed by atoms with Crippen molar-refractivity contribution in [1.29, 1.82) is 0 Å². The zero-order valence-electron chi connectivity index (χ0n) is 14.7. The molecule has 2 aromatic rings. The topological polar surface area (TPSA) is 123 Å². The van der Waals surface area contributed by atoms with Crippen LogP contribution in [0.1, 0.15) is 12.8 Å². The maximum absolute atomic E-state index is 12.8. The molecule has 1 saturated heterocycles. The molecule has 11 heteroatoms. The van der Waals surface area contributed by atoms with Crippen LogP contribution in [0.25, 0.3) is 10.9 Å². The number of rotatable bonds is 7. The summed E-state index contributed by atoms with van der Waals surface area (Å²) in [5.41, 5.74) is -0.555. The average Bonchev–Trinajstić information content (AvgIpc) is 3.08. The van der Waals surface area contributed by atoms with E-state index in [0.29, 0.717) is 6.61 Å². The number of pyridine rings is 1. The van der Waals surface area contributed by atoms with Gasteiger partial charge in [-0.2, -0.15) is 0 Å². The van der Waals surface area contributed by atoms with Crippen molar-refractivity contribution in [3.63, 3.8) is 0 Å². The van der Waals surface area contributed by atoms with E-state index in [4.69, 9.17) is 4.74 Å². The van der Waals surface area contributed by atoms with E-state index in [1.165, 1.54) is 30.5 Å². The summed E-state index contributed by atoms with van der Waals surface area (Å²) in [6, 6.07) is 5.44. The molecule has 148 valence electrons. The van der Waals surface area contributed by atoms with E-state index < -0.39 is 20.5 Å². The number of methoxy groups -OCH3 is 1. The molecule has 1 aliphatic heterocycles. The van der Waals surface area contributed by atoms with Crippen LogP contribution in [0.15, 0.2) is 35.4 Å². The van der Waals surface area contributed by atoms with Gasteiger partial charge in [-0.3, -0.25) is 15.1 Å². The summed E-state index contributed by atoms with van der Waals surface area (Å²) in [4.78, 5) is 14.6. The molecular weight excluding hydrogens is 396 g/mol. The second-order valence-electron chi connectivity index (χ2n) is 6.31. The van der Waals surface area contributed by atoms with Crippen LogP contribution in [0.3, 0.4) is 0 Å². The molecule has 0 spiro atoms. The van der Waals surface area contributed by atoms with Gasteiger partial charge in [0.05, 0.1) is 28.0 Å². The van der Waals surface area contributed by atoms with Crippen molar-refractivity contribution in [3.05, 3.63) is 40.6 Å². The van der Waals surface area contributed by atoms with Crippen LogP contribution in [-0.2, 0) is 14.8 Å². The van der Waals surface area contributed by atoms with Gasteiger partial charge in [0.1, 0.15) is 4.90 Å². The van der Waals surface area contributed by atoms with Crippen molar-refractivity contribution >= 4 is 39.0 Å². The van der Waals surface area contributed by atoms with Crippen LogP contribution in [0.5, 0.6) is 0 Å². The minimum atomic E-state index is -3.90. The molecule has 1 unspecified atom stereocenters. The Bertz CT molecular complexity index is 932. The number of hydrogen-bond donors (Lipinski definition) is 2. The van der Waals surface area contributed by atoms with Gasteiger partial charge in [0.2, 0.25) is 10.0 Å². The van der Waals surface area contributed by atoms with Crippen molar-refractivity contribution in [3.8, 4) is 0 Å². The highest BCUT2D eigenvalue weighted by atomic mass is 35.5. The molecule has 0 radical (unpaired) electrons. The number of ether oxygens (including phenoxy) is 1. The van der Waals surface area contributed by atoms with E-state index in [1.54, 1.807) is 7.11 Å². The van der Waals surface area contributed by atoms with E-state index in [0.717, 1.165) is 19.4 Å². The summed E-state index contributed by atoms with van der Waals surface area (Å²) in [5, 5.41) is 14.7. The van der Waals surface area contributed by atoms with Crippen LogP contribution in [-0.4, -0.2) is 50.7 Å². The first-order valence-corrected chi connectivity index (χ1v) is 9.63. The first-order chi connectivity index (χ1) is 12.4. The molecular formula is C16H21ClN4O5S. The number of halogens is 1. The molecule has 27 heavy (non-hydrogen) atoms. The second-order valence-corrected chi connectivity index (χ2v) is 8.04. The minimum Gasteiger partial charge on any atom is -0.383 e. The zero-order valence-corrected chi connectivity index (χ0v) is 16.3. The Morgan fingerprint density at radius 1 is 1.41 bits per heavy atom. The molecule has 1 atom stereocenters. The fourth-order valence-corrected chi connectivity index (χ4v) is 4.57. The van der Waals surface area contributed by atoms with Gasteiger partial charge in [-0.05, 0) is 37.6 Å². The summed E-state index contributed by atoms with van der Waals surface area (Å²) >= 11 is 0. The number of nitrogens with one attached hydrogen (secondary N) is 2. The van der Waals surface area contributed by atoms with Gasteiger partial charge in [0.15, 0.2) is 0 Å². The first-order valence-electron chi connectivity index (χ1n) is 8.14. The van der Waals surface area contributed by atoms with Crippen molar-refractivity contribution in [2.75, 3.05) is 26.8 Å². The van der Waals surface area contributed by atoms with Gasteiger partial charge >= 0.3 is 0 Å². The Morgan fingerprint density at radius 3 is 2.81 bits per heavy atom. The monoisotopic (exact) mass is 416 g/mol. The number of hydrogen-bond acceptors (Lipinski definition) is 7. The highest BCUT2D eigenvalue weighted by Gasteiger charge is 2.35. The van der Waals surface area contributed by atoms with Gasteiger partial charge in [-0.15, -0.1) is 12.4 Å². The Kier molecular flexibility index (Phi) is 6.71. The molecule has 1 aromatic heterocycles. The van der Waals surface area contributed by atoms with Crippen molar-refractivity contribution < 1.29 is 18.1 Å². The maximum Gasteiger partial charge on any atom is 0.278 e. The number of nitro benzene ring substituents is 1. The Balaban J connectivity index is 0.00000261. The molecule has 9 nitrogen and oxygen atoms in total. The molecule has 3 rings (SSSR count). The second kappa shape index (κ2) is 8.44. The Labute approximate surface area is 163 Å². The number of nitrogens with zero attached hydrogens (tertiary/aromatic N) is 2. The lowest BCUT2D eigenvalue weighted by Gasteiger charge is -2.28. The molecule has 0 bridgehead atoms. The summed E-state index contributed by atoms with van der Waals surface area (Å²) in [6.07, 6.45) is 3.14. The van der Waals surface area contributed by atoms with Crippen LogP contribution in [0.4, 0.5) is 5.69 Å². The number of aromatic nitrogens is 1. The highest BCUT2D eigenvalue weighted by Crippen LogP contribution is 2.29. The number of benzene rings is 1. The minimum absolute atomic E-state index is 0. The zero-order chi connectivity index (χ0) is 18.8. The third-order valence-electron chi connectivity index (χ3n) is 4.55. The first kappa shape index (κ1) is 21.5. The predicted octanol–water partition coefficient (Wildman–Crippen LogP) is 1.61. The smallest absolute Gasteiger partial charge is 0.278 e. The normalized spacial score (nSPS) is 19.7. The summed E-state index contributed by atoms with van der Waals surface area (Å²) in [5.74, 6) is 0. The Hall–Kier alpha value is -1.85. The summed E-state index contributed by atoms with van der Waals surface area (Å²) < 4.78 is 33.5. The number of nitro groups is 1. The highest BCUT2D eigenvalue weighted by molar-refractivity contribution is 7.89. The maximum atomic E-state index is 12.8. The van der Waals surface area contributed by atoms with E-state index in [-0.39, 0.29) is 40.4 Å². The average molecular weight is 417 g/mol. The van der Waals surface area contributed by atoms with E-state index >= 15 is 0 Å². The van der Waals surface area contributed by atoms with Crippen molar-refractivity contribution in [2.24, 2.45) is 0 Å². The molecule has 0 saturated carbocycles. The standard InChI is InChI=1S/C16H20N4O5S.ClH/c1-25-11-16(7-3-9-18-16)10-19-26(23,24)14-6-5-13(20(21)22)12-4-2-8-17-15(12)14;/h2,4-6,8,18-19H,3,7,9-11H2,1H3;1H. The van der Waals surface area contributed by atoms with Crippen molar-refractivity contribution in [1.82, 2.24) is 15.0 Å². The lowest BCUT2D eigenvalue weighted by molar-refractivity contribution is -0.383. The largest absolute Gasteiger partial charge is 0.383 e. The molecule has 0 aliphatic carbocycles. The molecule has 1 aromatic carbocycles. The summed E-state index contributed by atoms with van der Waals surface area (Å²) in [6.45, 7) is 1.34. The lowest BCUT2D eigenvalue weighted by Crippen LogP contribution is -2.52. The number of sulfonamides is 1. The molecule has 0 amide bonds. The quantitative estimate of drug-likeness (QED) is 0.519. The van der Waals surface area contributed by atoms with E-state index in [2.05, 4.69) is 15.0 Å².